The zero-order valence-corrected chi connectivity index (χ0v) is 27.6. The van der Waals surface area contributed by atoms with Crippen molar-refractivity contribution in [3.05, 3.63) is 99.2 Å². The van der Waals surface area contributed by atoms with E-state index in [0.29, 0.717) is 13.0 Å². The Kier molecular flexibility index (Phi) is 11.3. The summed E-state index contributed by atoms with van der Waals surface area (Å²) in [5.74, 6) is 0.864. The standard InChI is InChI=1S/C36H44Cl2N4O2/c1-26(2)44-34-12-6-10-31-30(22-35(43)39-23-28-13-14-32(37)27(3)21-28)25-42(36(31)34)18-8-16-40-15-7-17-41(20-19-40)24-29-9-4-5-11-33(29)38/h4-6,9-14,21,25-26H,7-8,15-20,22-24H2,1-3H3,(H,39,43). The third kappa shape index (κ3) is 8.57. The topological polar surface area (TPSA) is 49.7 Å². The van der Waals surface area contributed by atoms with Crippen LogP contribution in [-0.2, 0) is 30.8 Å². The summed E-state index contributed by atoms with van der Waals surface area (Å²) in [6, 6.07) is 20.2. The molecule has 2 heterocycles. The number of ether oxygens (including phenoxy) is 1. The molecule has 0 aliphatic carbocycles. The number of amides is 1. The zero-order valence-electron chi connectivity index (χ0n) is 26.1. The van der Waals surface area contributed by atoms with E-state index >= 15 is 0 Å². The summed E-state index contributed by atoms with van der Waals surface area (Å²) in [6.07, 6.45) is 4.69. The molecule has 1 aliphatic rings. The summed E-state index contributed by atoms with van der Waals surface area (Å²) >= 11 is 12.6. The van der Waals surface area contributed by atoms with Gasteiger partial charge in [0.15, 0.2) is 0 Å². The SMILES string of the molecule is Cc1cc(CNC(=O)Cc2cn(CCCN3CCCN(Cc4ccccc4Cl)CC3)c3c(OC(C)C)cccc23)ccc1Cl. The molecule has 0 unspecified atom stereocenters. The van der Waals surface area contributed by atoms with Gasteiger partial charge in [-0.1, -0.05) is 65.7 Å². The van der Waals surface area contributed by atoms with Crippen LogP contribution in [0, 0.1) is 6.92 Å². The van der Waals surface area contributed by atoms with Crippen LogP contribution < -0.4 is 10.1 Å². The first-order valence-electron chi connectivity index (χ1n) is 15.7. The second-order valence-corrected chi connectivity index (χ2v) is 12.9. The first-order valence-corrected chi connectivity index (χ1v) is 16.5. The maximum Gasteiger partial charge on any atom is 0.224 e. The molecule has 4 aromatic rings. The van der Waals surface area contributed by atoms with Gasteiger partial charge < -0.3 is 19.5 Å². The molecule has 1 aromatic heterocycles. The van der Waals surface area contributed by atoms with Gasteiger partial charge in [0.25, 0.3) is 0 Å². The molecule has 6 nitrogen and oxygen atoms in total. The van der Waals surface area contributed by atoms with Gasteiger partial charge in [-0.3, -0.25) is 9.69 Å². The third-order valence-corrected chi connectivity index (χ3v) is 9.07. The van der Waals surface area contributed by atoms with Gasteiger partial charge in [0.2, 0.25) is 5.91 Å². The predicted molar refractivity (Wildman–Crippen MR) is 182 cm³/mol. The Hall–Kier alpha value is -3.03. The van der Waals surface area contributed by atoms with Gasteiger partial charge in [0.1, 0.15) is 5.75 Å². The van der Waals surface area contributed by atoms with Crippen molar-refractivity contribution in [1.82, 2.24) is 19.7 Å². The van der Waals surface area contributed by atoms with E-state index < -0.39 is 0 Å². The number of fused-ring (bicyclic) bond motifs is 1. The van der Waals surface area contributed by atoms with E-state index in [1.807, 2.05) is 63.2 Å². The molecule has 0 atom stereocenters. The minimum absolute atomic E-state index is 0.00209. The number of aryl methyl sites for hydroxylation is 2. The smallest absolute Gasteiger partial charge is 0.224 e. The second-order valence-electron chi connectivity index (χ2n) is 12.1. The van der Waals surface area contributed by atoms with Crippen molar-refractivity contribution in [2.24, 2.45) is 0 Å². The van der Waals surface area contributed by atoms with Crippen LogP contribution in [0.5, 0.6) is 5.75 Å². The molecule has 5 rings (SSSR count). The van der Waals surface area contributed by atoms with Gasteiger partial charge in [-0.05, 0) is 93.7 Å². The number of carbonyl (C=O) groups is 1. The Morgan fingerprint density at radius 1 is 0.909 bits per heavy atom. The Balaban J connectivity index is 1.22. The second kappa shape index (κ2) is 15.3. The van der Waals surface area contributed by atoms with Gasteiger partial charge in [0.05, 0.1) is 18.0 Å². The molecule has 44 heavy (non-hydrogen) atoms. The van der Waals surface area contributed by atoms with Crippen molar-refractivity contribution in [3.63, 3.8) is 0 Å². The monoisotopic (exact) mass is 634 g/mol. The normalized spacial score (nSPS) is 14.7. The number of rotatable bonds is 12. The van der Waals surface area contributed by atoms with Crippen LogP contribution in [-0.4, -0.2) is 59.1 Å². The molecular formula is C36H44Cl2N4O2. The summed E-state index contributed by atoms with van der Waals surface area (Å²) in [6.45, 7) is 13.6. The van der Waals surface area contributed by atoms with E-state index in [9.17, 15) is 4.79 Å². The number of halogens is 2. The minimum atomic E-state index is -0.00209. The van der Waals surface area contributed by atoms with Crippen molar-refractivity contribution in [1.29, 1.82) is 0 Å². The number of benzene rings is 3. The van der Waals surface area contributed by atoms with E-state index in [-0.39, 0.29) is 12.0 Å². The summed E-state index contributed by atoms with van der Waals surface area (Å²) < 4.78 is 8.53. The highest BCUT2D eigenvalue weighted by molar-refractivity contribution is 6.31. The summed E-state index contributed by atoms with van der Waals surface area (Å²) in [7, 11) is 0. The number of nitrogens with zero attached hydrogens (tertiary/aromatic N) is 3. The van der Waals surface area contributed by atoms with Crippen LogP contribution in [0.15, 0.2) is 66.9 Å². The van der Waals surface area contributed by atoms with E-state index in [2.05, 4.69) is 44.1 Å². The lowest BCUT2D eigenvalue weighted by Gasteiger charge is -2.22. The number of nitrogens with one attached hydrogen (secondary N) is 1. The number of hydrogen-bond acceptors (Lipinski definition) is 4. The molecule has 0 bridgehead atoms. The average molecular weight is 636 g/mol. The zero-order chi connectivity index (χ0) is 31.1. The highest BCUT2D eigenvalue weighted by Crippen LogP contribution is 2.31. The summed E-state index contributed by atoms with van der Waals surface area (Å²) in [5, 5.41) is 5.75. The van der Waals surface area contributed by atoms with Gasteiger partial charge >= 0.3 is 0 Å². The predicted octanol–water partition coefficient (Wildman–Crippen LogP) is 7.50. The molecule has 1 amide bonds. The van der Waals surface area contributed by atoms with Crippen molar-refractivity contribution >= 4 is 40.0 Å². The van der Waals surface area contributed by atoms with Crippen LogP contribution in [0.4, 0.5) is 0 Å². The Morgan fingerprint density at radius 3 is 2.50 bits per heavy atom. The average Bonchev–Trinajstić information content (AvgIpc) is 3.18. The number of aromatic nitrogens is 1. The number of hydrogen-bond donors (Lipinski definition) is 1. The lowest BCUT2D eigenvalue weighted by molar-refractivity contribution is -0.120. The quantitative estimate of drug-likeness (QED) is 0.175. The van der Waals surface area contributed by atoms with E-state index in [1.54, 1.807) is 0 Å². The minimum Gasteiger partial charge on any atom is -0.489 e. The largest absolute Gasteiger partial charge is 0.489 e. The molecule has 1 fully saturated rings. The summed E-state index contributed by atoms with van der Waals surface area (Å²) in [4.78, 5) is 18.2. The lowest BCUT2D eigenvalue weighted by atomic mass is 10.1. The fraction of sp³-hybridized carbons (Fsp3) is 0.417. The Bertz CT molecular complexity index is 1570. The van der Waals surface area contributed by atoms with E-state index in [4.69, 9.17) is 27.9 Å². The highest BCUT2D eigenvalue weighted by Gasteiger charge is 2.18. The van der Waals surface area contributed by atoms with Gasteiger partial charge in [0, 0.05) is 54.4 Å². The van der Waals surface area contributed by atoms with Gasteiger partial charge in [-0.2, -0.15) is 0 Å². The maximum absolute atomic E-state index is 13.1. The van der Waals surface area contributed by atoms with E-state index in [1.165, 1.54) is 5.56 Å². The van der Waals surface area contributed by atoms with Crippen LogP contribution in [0.2, 0.25) is 10.0 Å². The summed E-state index contributed by atoms with van der Waals surface area (Å²) in [5.41, 5.74) is 5.33. The number of para-hydroxylation sites is 1. The molecular weight excluding hydrogens is 591 g/mol. The molecule has 1 saturated heterocycles. The van der Waals surface area contributed by atoms with Crippen molar-refractivity contribution in [3.8, 4) is 5.75 Å². The van der Waals surface area contributed by atoms with Crippen molar-refractivity contribution < 1.29 is 9.53 Å². The van der Waals surface area contributed by atoms with Gasteiger partial charge in [-0.25, -0.2) is 0 Å². The van der Waals surface area contributed by atoms with Crippen LogP contribution in [0.1, 0.15) is 48.9 Å². The molecule has 0 radical (unpaired) electrons. The Morgan fingerprint density at radius 2 is 1.70 bits per heavy atom. The fourth-order valence-electron chi connectivity index (χ4n) is 6.06. The third-order valence-electron chi connectivity index (χ3n) is 8.28. The first kappa shape index (κ1) is 32.4. The number of carbonyl (C=O) groups excluding carboxylic acids is 1. The lowest BCUT2D eigenvalue weighted by Crippen LogP contribution is -2.31. The fourth-order valence-corrected chi connectivity index (χ4v) is 6.37. The first-order chi connectivity index (χ1) is 21.3. The molecule has 234 valence electrons. The highest BCUT2D eigenvalue weighted by atomic mass is 35.5. The molecule has 0 saturated carbocycles. The van der Waals surface area contributed by atoms with Gasteiger partial charge in [-0.15, -0.1) is 0 Å². The van der Waals surface area contributed by atoms with Crippen molar-refractivity contribution in [2.75, 3.05) is 32.7 Å². The molecule has 1 N–H and O–H groups in total. The molecule has 8 heteroatoms. The van der Waals surface area contributed by atoms with Crippen LogP contribution >= 0.6 is 23.2 Å². The Labute approximate surface area is 271 Å². The molecule has 3 aromatic carbocycles. The van der Waals surface area contributed by atoms with Crippen molar-refractivity contribution in [2.45, 2.75) is 65.8 Å². The van der Waals surface area contributed by atoms with Crippen LogP contribution in [0.3, 0.4) is 0 Å². The molecule has 1 aliphatic heterocycles. The maximum atomic E-state index is 13.1. The van der Waals surface area contributed by atoms with E-state index in [0.717, 1.165) is 102 Å². The van der Waals surface area contributed by atoms with Crippen LogP contribution in [0.25, 0.3) is 10.9 Å². The molecule has 0 spiro atoms.